The fourth-order valence-corrected chi connectivity index (χ4v) is 3.71. The van der Waals surface area contributed by atoms with Crippen LogP contribution in [0, 0.1) is 18.7 Å². The van der Waals surface area contributed by atoms with E-state index in [2.05, 4.69) is 5.32 Å². The minimum Gasteiger partial charge on any atom is -0.325 e. The topological polar surface area (TPSA) is 61.8 Å². The maximum absolute atomic E-state index is 13.4. The number of rotatable bonds is 3. The molecule has 2 amide bonds. The van der Waals surface area contributed by atoms with Gasteiger partial charge in [-0.3, -0.25) is 14.6 Å². The quantitative estimate of drug-likeness (QED) is 0.894. The lowest BCUT2D eigenvalue weighted by Crippen LogP contribution is -2.41. The molecule has 0 aromatic heterocycles. The molecule has 0 spiro atoms. The molecule has 1 aliphatic carbocycles. The Morgan fingerprint density at radius 1 is 1.30 bits per heavy atom. The van der Waals surface area contributed by atoms with Gasteiger partial charge in [0.15, 0.2) is 0 Å². The summed E-state index contributed by atoms with van der Waals surface area (Å²) in [6.07, 6.45) is 2.52. The highest BCUT2D eigenvalue weighted by Gasteiger charge is 2.37. The lowest BCUT2D eigenvalue weighted by Gasteiger charge is -2.24. The Balaban J connectivity index is 1.59. The molecular formula is C21H20FN3O2. The first-order valence-corrected chi connectivity index (χ1v) is 9.07. The molecule has 0 radical (unpaired) electrons. The summed E-state index contributed by atoms with van der Waals surface area (Å²) in [5, 5.41) is 2.75. The average Bonchev–Trinajstić information content (AvgIpc) is 3.07. The third kappa shape index (κ3) is 3.35. The van der Waals surface area contributed by atoms with Gasteiger partial charge < -0.3 is 10.2 Å². The van der Waals surface area contributed by atoms with Crippen LogP contribution in [0.3, 0.4) is 0 Å². The van der Waals surface area contributed by atoms with Crippen LogP contribution < -0.4 is 10.2 Å². The van der Waals surface area contributed by atoms with Crippen LogP contribution >= 0.6 is 0 Å². The number of aryl methyl sites for hydroxylation is 1. The number of fused-ring (bicyclic) bond motifs is 2. The van der Waals surface area contributed by atoms with E-state index in [4.69, 9.17) is 4.99 Å². The van der Waals surface area contributed by atoms with Gasteiger partial charge in [-0.2, -0.15) is 0 Å². The Hall–Kier alpha value is -3.02. The molecule has 0 unspecified atom stereocenters. The van der Waals surface area contributed by atoms with Gasteiger partial charge in [0, 0.05) is 11.4 Å². The number of carbonyl (C=O) groups is 2. The molecule has 1 atom stereocenters. The summed E-state index contributed by atoms with van der Waals surface area (Å²) in [5.74, 6) is -0.985. The molecular weight excluding hydrogens is 345 g/mol. The van der Waals surface area contributed by atoms with Crippen LogP contribution in [-0.4, -0.2) is 24.1 Å². The van der Waals surface area contributed by atoms with Gasteiger partial charge in [-0.25, -0.2) is 4.39 Å². The Morgan fingerprint density at radius 2 is 2.11 bits per heavy atom. The largest absolute Gasteiger partial charge is 0.325 e. The normalized spacial score (nSPS) is 18.4. The fraction of sp³-hybridized carbons (Fsp3) is 0.286. The zero-order chi connectivity index (χ0) is 19.0. The van der Waals surface area contributed by atoms with Crippen LogP contribution in [0.2, 0.25) is 0 Å². The second-order valence-electron chi connectivity index (χ2n) is 6.97. The van der Waals surface area contributed by atoms with Crippen molar-refractivity contribution in [3.05, 3.63) is 53.8 Å². The van der Waals surface area contributed by atoms with E-state index in [1.807, 2.05) is 24.3 Å². The van der Waals surface area contributed by atoms with Gasteiger partial charge in [-0.05, 0) is 62.1 Å². The minimum atomic E-state index is -0.328. The fourth-order valence-electron chi connectivity index (χ4n) is 3.71. The molecule has 2 aliphatic rings. The SMILES string of the molecule is Cc1cc(NC(=O)CN2C(=O)[C@H]3CCCC3=Nc3ccccc32)ccc1F. The number of carbonyl (C=O) groups excluding carboxylic acids is 2. The molecule has 0 bridgehead atoms. The molecule has 1 aliphatic heterocycles. The van der Waals surface area contributed by atoms with Crippen molar-refractivity contribution < 1.29 is 14.0 Å². The number of hydrogen-bond acceptors (Lipinski definition) is 3. The second-order valence-corrected chi connectivity index (χ2v) is 6.97. The zero-order valence-corrected chi connectivity index (χ0v) is 15.0. The maximum atomic E-state index is 13.4. The highest BCUT2D eigenvalue weighted by atomic mass is 19.1. The van der Waals surface area contributed by atoms with Gasteiger partial charge in [0.05, 0.1) is 17.3 Å². The van der Waals surface area contributed by atoms with Gasteiger partial charge >= 0.3 is 0 Å². The third-order valence-electron chi connectivity index (χ3n) is 5.07. The Bertz CT molecular complexity index is 954. The third-order valence-corrected chi connectivity index (χ3v) is 5.07. The van der Waals surface area contributed by atoms with Crippen LogP contribution in [0.15, 0.2) is 47.5 Å². The van der Waals surface area contributed by atoms with E-state index in [1.165, 1.54) is 17.0 Å². The first-order valence-electron chi connectivity index (χ1n) is 9.07. The number of hydrogen-bond donors (Lipinski definition) is 1. The van der Waals surface area contributed by atoms with Gasteiger partial charge in [0.2, 0.25) is 11.8 Å². The molecule has 6 heteroatoms. The number of para-hydroxylation sites is 2. The molecule has 1 saturated carbocycles. The van der Waals surface area contributed by atoms with E-state index < -0.39 is 0 Å². The standard InChI is InChI=1S/C21H20FN3O2/c1-13-11-14(9-10-16(13)22)23-20(26)12-25-19-8-3-2-6-18(19)24-17-7-4-5-15(17)21(25)27/h2-3,6,8-11,15H,4-5,7,12H2,1H3,(H,23,26)/t15-/m0/s1. The van der Waals surface area contributed by atoms with Crippen LogP contribution in [0.4, 0.5) is 21.5 Å². The number of nitrogens with one attached hydrogen (secondary N) is 1. The van der Waals surface area contributed by atoms with Crippen LogP contribution in [0.5, 0.6) is 0 Å². The van der Waals surface area contributed by atoms with E-state index in [-0.39, 0.29) is 30.1 Å². The van der Waals surface area contributed by atoms with Gasteiger partial charge in [-0.15, -0.1) is 0 Å². The zero-order valence-electron chi connectivity index (χ0n) is 15.0. The first-order chi connectivity index (χ1) is 13.0. The molecule has 5 nitrogen and oxygen atoms in total. The summed E-state index contributed by atoms with van der Waals surface area (Å²) < 4.78 is 13.4. The number of benzene rings is 2. The van der Waals surface area contributed by atoms with Gasteiger partial charge in [-0.1, -0.05) is 12.1 Å². The van der Waals surface area contributed by atoms with Crippen molar-refractivity contribution in [3.8, 4) is 0 Å². The second kappa shape index (κ2) is 6.95. The molecule has 27 heavy (non-hydrogen) atoms. The molecule has 1 heterocycles. The highest BCUT2D eigenvalue weighted by molar-refractivity contribution is 6.16. The van der Waals surface area contributed by atoms with Crippen molar-refractivity contribution in [3.63, 3.8) is 0 Å². The van der Waals surface area contributed by atoms with E-state index in [9.17, 15) is 14.0 Å². The van der Waals surface area contributed by atoms with Crippen molar-refractivity contribution in [1.29, 1.82) is 0 Å². The monoisotopic (exact) mass is 365 g/mol. The molecule has 2 aromatic carbocycles. The van der Waals surface area contributed by atoms with E-state index in [1.54, 1.807) is 13.0 Å². The molecule has 1 fully saturated rings. The van der Waals surface area contributed by atoms with Gasteiger partial charge in [0.1, 0.15) is 12.4 Å². The minimum absolute atomic E-state index is 0.0818. The van der Waals surface area contributed by atoms with Crippen molar-refractivity contribution in [2.45, 2.75) is 26.2 Å². The number of nitrogens with zero attached hydrogens (tertiary/aromatic N) is 2. The van der Waals surface area contributed by atoms with Crippen LogP contribution in [0.1, 0.15) is 24.8 Å². The van der Waals surface area contributed by atoms with E-state index in [0.29, 0.717) is 16.9 Å². The van der Waals surface area contributed by atoms with Gasteiger partial charge in [0.25, 0.3) is 0 Å². The van der Waals surface area contributed by atoms with E-state index in [0.717, 1.165) is 30.7 Å². The number of amides is 2. The molecule has 138 valence electrons. The average molecular weight is 365 g/mol. The smallest absolute Gasteiger partial charge is 0.244 e. The lowest BCUT2D eigenvalue weighted by atomic mass is 10.1. The predicted molar refractivity (Wildman–Crippen MR) is 103 cm³/mol. The predicted octanol–water partition coefficient (Wildman–Crippen LogP) is 3.99. The number of anilines is 2. The molecule has 2 aromatic rings. The summed E-state index contributed by atoms with van der Waals surface area (Å²) in [5.41, 5.74) is 3.23. The van der Waals surface area contributed by atoms with Crippen molar-refractivity contribution in [1.82, 2.24) is 0 Å². The summed E-state index contributed by atoms with van der Waals surface area (Å²) >= 11 is 0. The van der Waals surface area contributed by atoms with Crippen LogP contribution in [0.25, 0.3) is 0 Å². The Kier molecular flexibility index (Phi) is 4.48. The Labute approximate surface area is 156 Å². The first kappa shape index (κ1) is 17.4. The summed E-state index contributed by atoms with van der Waals surface area (Å²) in [6, 6.07) is 11.8. The number of halogens is 1. The summed E-state index contributed by atoms with van der Waals surface area (Å²) in [7, 11) is 0. The molecule has 4 rings (SSSR count). The van der Waals surface area contributed by atoms with Crippen molar-refractivity contribution in [2.75, 3.05) is 16.8 Å². The van der Waals surface area contributed by atoms with Crippen LogP contribution in [-0.2, 0) is 9.59 Å². The lowest BCUT2D eigenvalue weighted by molar-refractivity contribution is -0.122. The highest BCUT2D eigenvalue weighted by Crippen LogP contribution is 2.37. The van der Waals surface area contributed by atoms with Crippen molar-refractivity contribution >= 4 is 34.6 Å². The van der Waals surface area contributed by atoms with E-state index >= 15 is 0 Å². The maximum Gasteiger partial charge on any atom is 0.244 e. The summed E-state index contributed by atoms with van der Waals surface area (Å²) in [4.78, 5) is 31.9. The van der Waals surface area contributed by atoms with Crippen molar-refractivity contribution in [2.24, 2.45) is 10.9 Å². The summed E-state index contributed by atoms with van der Waals surface area (Å²) in [6.45, 7) is 1.53. The molecule has 0 saturated heterocycles. The number of aliphatic imine (C=N–C) groups is 1. The Morgan fingerprint density at radius 3 is 2.93 bits per heavy atom. The molecule has 1 N–H and O–H groups in total.